The molecule has 1 rings (SSSR count). The molecule has 24 heteroatoms. The van der Waals surface area contributed by atoms with Crippen molar-refractivity contribution in [2.75, 3.05) is 36.4 Å². The number of alkyl halides is 19. The number of halogens is 20. The first kappa shape index (κ1) is 45.1. The van der Waals surface area contributed by atoms with Gasteiger partial charge in [0.25, 0.3) is 0 Å². The Kier molecular flexibility index (Phi) is 14.7. The molecule has 0 aliphatic heterocycles. The Morgan fingerprint density at radius 3 is 1.45 bits per heavy atom. The molecule has 0 radical (unpaired) electrons. The van der Waals surface area contributed by atoms with E-state index in [0.29, 0.717) is 18.8 Å². The summed E-state index contributed by atoms with van der Waals surface area (Å²) in [6.45, 7) is -1.30. The van der Waals surface area contributed by atoms with Crippen LogP contribution in [0.2, 0.25) is 0 Å². The number of rotatable bonds is 17. The van der Waals surface area contributed by atoms with E-state index in [2.05, 4.69) is 4.74 Å². The van der Waals surface area contributed by atoms with Gasteiger partial charge in [-0.2, -0.15) is 74.6 Å². The number of ether oxygens (including phenoxy) is 1. The van der Waals surface area contributed by atoms with Crippen LogP contribution in [-0.4, -0.2) is 91.1 Å². The molecule has 0 amide bonds. The maximum Gasteiger partial charge on any atom is 0.460 e. The molecule has 0 spiro atoms. The molecule has 0 heterocycles. The molecule has 276 valence electrons. The van der Waals surface area contributed by atoms with Crippen LogP contribution in [0.1, 0.15) is 12.0 Å². The Labute approximate surface area is 270 Å². The van der Waals surface area contributed by atoms with E-state index in [1.807, 2.05) is 0 Å². The van der Waals surface area contributed by atoms with Gasteiger partial charge in [0.05, 0.1) is 13.0 Å². The molecule has 0 aliphatic rings. The number of hydrogen-bond acceptors (Lipinski definition) is 4. The summed E-state index contributed by atoms with van der Waals surface area (Å²) in [4.78, 5) is 13.7. The summed E-state index contributed by atoms with van der Waals surface area (Å²) in [5.41, 5.74) is 6.39. The minimum atomic E-state index is -8.72. The predicted octanol–water partition coefficient (Wildman–Crippen LogP) is 8.20. The number of carbonyl (C=O) groups excluding carboxylic acids is 1. The zero-order valence-corrected chi connectivity index (χ0v) is 25.1. The van der Waals surface area contributed by atoms with Gasteiger partial charge in [0.2, 0.25) is 0 Å². The standard InChI is InChI=1S/C23H21Cl2F17N2O2.ClH/c24-6-8-44(9-7-25)13-3-1-12(2-4-13)11-14(43)15(45)46-10-5-16(26,27)17(28,29)18(30,31)19(32,33)20(34,35)21(36,37)22(38,39)23(40,41)42;/h1-4,14H,5-11,43H2;1H/t14-;/m0./s1. The predicted molar refractivity (Wildman–Crippen MR) is 135 cm³/mol. The number of nitrogens with two attached hydrogens (primary N) is 1. The van der Waals surface area contributed by atoms with Crippen LogP contribution in [0.15, 0.2) is 24.3 Å². The first-order chi connectivity index (χ1) is 20.5. The highest BCUT2D eigenvalue weighted by Gasteiger charge is 2.95. The molecule has 0 unspecified atom stereocenters. The Morgan fingerprint density at radius 2 is 1.06 bits per heavy atom. The molecular formula is C23H22Cl3F17N2O2. The van der Waals surface area contributed by atoms with Crippen LogP contribution in [0.3, 0.4) is 0 Å². The number of benzene rings is 1. The number of nitrogens with zero attached hydrogens (tertiary/aromatic N) is 1. The highest BCUT2D eigenvalue weighted by atomic mass is 35.5. The summed E-state index contributed by atoms with van der Waals surface area (Å²) in [6.07, 6.45) is -11.2. The molecule has 47 heavy (non-hydrogen) atoms. The molecule has 1 aromatic rings. The Hall–Kier alpha value is -1.87. The lowest BCUT2D eigenvalue weighted by Gasteiger charge is -2.42. The topological polar surface area (TPSA) is 55.6 Å². The molecular weight excluding hydrogens is 766 g/mol. The SMILES string of the molecule is Cl.N[C@@H](Cc1ccc(N(CCCl)CCCl)cc1)C(=O)OCCC(F)(F)C(F)(F)C(F)(F)C(F)(F)C(F)(F)C(F)(F)C(F)(F)C(F)(F)F. The first-order valence-corrected chi connectivity index (χ1v) is 13.2. The lowest BCUT2D eigenvalue weighted by Crippen LogP contribution is -2.74. The van der Waals surface area contributed by atoms with E-state index in [1.165, 1.54) is 24.3 Å². The van der Waals surface area contributed by atoms with Crippen LogP contribution in [0.25, 0.3) is 0 Å². The molecule has 2 N–H and O–H groups in total. The fraction of sp³-hybridized carbons (Fsp3) is 0.696. The zero-order valence-electron chi connectivity index (χ0n) is 22.8. The fourth-order valence-corrected chi connectivity index (χ4v) is 3.90. The molecule has 0 saturated heterocycles. The smallest absolute Gasteiger partial charge is 0.460 e. The first-order valence-electron chi connectivity index (χ1n) is 12.1. The van der Waals surface area contributed by atoms with Crippen molar-refractivity contribution in [3.05, 3.63) is 29.8 Å². The lowest BCUT2D eigenvalue weighted by atomic mass is 9.88. The Bertz CT molecular complexity index is 1160. The quantitative estimate of drug-likeness (QED) is 0.0984. The van der Waals surface area contributed by atoms with E-state index in [-0.39, 0.29) is 29.7 Å². The number of carbonyl (C=O) groups is 1. The second-order valence-electron chi connectivity index (χ2n) is 9.41. The van der Waals surface area contributed by atoms with Crippen molar-refractivity contribution in [1.29, 1.82) is 0 Å². The molecule has 0 saturated carbocycles. The minimum absolute atomic E-state index is 0. The minimum Gasteiger partial charge on any atom is -0.464 e. The van der Waals surface area contributed by atoms with Gasteiger partial charge in [-0.1, -0.05) is 12.1 Å². The van der Waals surface area contributed by atoms with Crippen LogP contribution < -0.4 is 10.6 Å². The second-order valence-corrected chi connectivity index (χ2v) is 10.2. The average molecular weight is 788 g/mol. The van der Waals surface area contributed by atoms with Gasteiger partial charge in [-0.15, -0.1) is 35.6 Å². The fourth-order valence-electron chi connectivity index (χ4n) is 3.49. The lowest BCUT2D eigenvalue weighted by molar-refractivity contribution is -0.461. The van der Waals surface area contributed by atoms with E-state index >= 15 is 0 Å². The third-order valence-electron chi connectivity index (χ3n) is 6.22. The summed E-state index contributed by atoms with van der Waals surface area (Å²) < 4.78 is 231. The van der Waals surface area contributed by atoms with Crippen LogP contribution in [-0.2, 0) is 16.0 Å². The Morgan fingerprint density at radius 1 is 0.681 bits per heavy atom. The largest absolute Gasteiger partial charge is 0.464 e. The van der Waals surface area contributed by atoms with Crippen LogP contribution in [0.5, 0.6) is 0 Å². The maximum absolute atomic E-state index is 14.0. The highest BCUT2D eigenvalue weighted by Crippen LogP contribution is 2.64. The van der Waals surface area contributed by atoms with Gasteiger partial charge in [-0.3, -0.25) is 4.79 Å². The van der Waals surface area contributed by atoms with Crippen LogP contribution in [0, 0.1) is 0 Å². The number of esters is 1. The molecule has 0 aromatic heterocycles. The third kappa shape index (κ3) is 8.48. The van der Waals surface area contributed by atoms with Crippen molar-refractivity contribution < 1.29 is 84.2 Å². The van der Waals surface area contributed by atoms with E-state index in [1.54, 1.807) is 4.90 Å². The summed E-state index contributed by atoms with van der Waals surface area (Å²) in [7, 11) is 0. The van der Waals surface area contributed by atoms with Gasteiger partial charge in [-0.25, -0.2) is 0 Å². The van der Waals surface area contributed by atoms with Crippen molar-refractivity contribution in [2.45, 2.75) is 66.5 Å². The van der Waals surface area contributed by atoms with Crippen molar-refractivity contribution in [3.63, 3.8) is 0 Å². The summed E-state index contributed by atoms with van der Waals surface area (Å²) in [5, 5.41) is 0. The monoisotopic (exact) mass is 786 g/mol. The highest BCUT2D eigenvalue weighted by molar-refractivity contribution is 6.18. The zero-order chi connectivity index (χ0) is 36.4. The van der Waals surface area contributed by atoms with Crippen molar-refractivity contribution >= 4 is 47.3 Å². The summed E-state index contributed by atoms with van der Waals surface area (Å²) in [6, 6.07) is 4.12. The van der Waals surface area contributed by atoms with Gasteiger partial charge < -0.3 is 15.4 Å². The molecule has 0 fully saturated rings. The van der Waals surface area contributed by atoms with Gasteiger partial charge in [0.1, 0.15) is 6.04 Å². The third-order valence-corrected chi connectivity index (χ3v) is 6.55. The van der Waals surface area contributed by atoms with Crippen molar-refractivity contribution in [2.24, 2.45) is 5.73 Å². The molecule has 0 bridgehead atoms. The van der Waals surface area contributed by atoms with E-state index < -0.39 is 79.1 Å². The van der Waals surface area contributed by atoms with Crippen molar-refractivity contribution in [3.8, 4) is 0 Å². The van der Waals surface area contributed by atoms with Crippen molar-refractivity contribution in [1.82, 2.24) is 0 Å². The molecule has 1 aromatic carbocycles. The normalized spacial score (nSPS) is 14.8. The van der Waals surface area contributed by atoms with E-state index in [0.717, 1.165) is 0 Å². The maximum atomic E-state index is 14.0. The van der Waals surface area contributed by atoms with Crippen LogP contribution >= 0.6 is 35.6 Å². The summed E-state index contributed by atoms with van der Waals surface area (Å²) in [5.74, 6) is -58.4. The second kappa shape index (κ2) is 15.3. The summed E-state index contributed by atoms with van der Waals surface area (Å²) >= 11 is 11.4. The Balaban J connectivity index is 0.0000212. The van der Waals surface area contributed by atoms with Gasteiger partial charge in [-0.05, 0) is 24.1 Å². The van der Waals surface area contributed by atoms with E-state index in [9.17, 15) is 79.4 Å². The molecule has 4 nitrogen and oxygen atoms in total. The van der Waals surface area contributed by atoms with Gasteiger partial charge in [0.15, 0.2) is 0 Å². The van der Waals surface area contributed by atoms with Gasteiger partial charge in [0, 0.05) is 30.5 Å². The number of anilines is 1. The van der Waals surface area contributed by atoms with Gasteiger partial charge >= 0.3 is 53.6 Å². The van der Waals surface area contributed by atoms with Crippen LogP contribution in [0.4, 0.5) is 80.3 Å². The molecule has 0 aliphatic carbocycles. The molecule has 1 atom stereocenters. The average Bonchev–Trinajstić information content (AvgIpc) is 2.91. The number of hydrogen-bond donors (Lipinski definition) is 1. The van der Waals surface area contributed by atoms with E-state index in [4.69, 9.17) is 28.9 Å².